The molecule has 2 aromatic heterocycles. The lowest BCUT2D eigenvalue weighted by atomic mass is 10.0. The number of nitrogens with zero attached hydrogens (tertiary/aromatic N) is 3. The molecule has 0 saturated carbocycles. The van der Waals surface area contributed by atoms with Crippen LogP contribution in [0.1, 0.15) is 37.9 Å². The molecule has 7 heteroatoms. The molecule has 1 fully saturated rings. The maximum atomic E-state index is 13.3. The van der Waals surface area contributed by atoms with Crippen LogP contribution >= 0.6 is 0 Å². The fourth-order valence-electron chi connectivity index (χ4n) is 4.17. The van der Waals surface area contributed by atoms with Crippen LogP contribution in [-0.2, 0) is 15.7 Å². The van der Waals surface area contributed by atoms with Crippen molar-refractivity contribution in [3.05, 3.63) is 78.1 Å². The van der Waals surface area contributed by atoms with Crippen LogP contribution in [-0.4, -0.2) is 32.5 Å². The molecule has 1 unspecified atom stereocenters. The number of hydrogen-bond donors (Lipinski definition) is 0. The smallest absolute Gasteiger partial charge is 0.158 e. The Morgan fingerprint density at radius 1 is 1.09 bits per heavy atom. The van der Waals surface area contributed by atoms with Gasteiger partial charge in [-0.1, -0.05) is 38.1 Å². The molecule has 180 valence electrons. The minimum atomic E-state index is -1.41. The highest BCUT2D eigenvalue weighted by Gasteiger charge is 2.20. The van der Waals surface area contributed by atoms with Gasteiger partial charge in [0.25, 0.3) is 0 Å². The predicted molar refractivity (Wildman–Crippen MR) is 139 cm³/mol. The number of nitriles is 1. The maximum absolute atomic E-state index is 13.3. The largest absolute Gasteiger partial charge is 0.489 e. The summed E-state index contributed by atoms with van der Waals surface area (Å²) in [7, 11) is -1.41. The number of rotatable bonds is 5. The lowest BCUT2D eigenvalue weighted by Crippen LogP contribution is -2.26. The summed E-state index contributed by atoms with van der Waals surface area (Å²) in [6, 6.07) is 21.2. The highest BCUT2D eigenvalue weighted by molar-refractivity contribution is 7.83. The fraction of sp³-hybridized carbons (Fsp3) is 0.286. The summed E-state index contributed by atoms with van der Waals surface area (Å²) in [5.74, 6) is 0.595. The summed E-state index contributed by atoms with van der Waals surface area (Å²) in [4.78, 5) is 5.26. The van der Waals surface area contributed by atoms with Crippen LogP contribution in [0, 0.1) is 18.3 Å². The molecule has 6 nitrogen and oxygen atoms in total. The molecular formula is C28H29N3O3S. The molecule has 1 saturated heterocycles. The molecule has 2 aromatic carbocycles. The molecule has 1 atom stereocenters. The Morgan fingerprint density at radius 2 is 1.83 bits per heavy atom. The SMILES string of the molecule is CC.Cc1cc2c(-c3ccc(OC4CCOCC4)c(C#N)c3)ccnc2n1S(=O)c1ccccc1. The number of fused-ring (bicyclic) bond motifs is 1. The van der Waals surface area contributed by atoms with E-state index in [1.54, 1.807) is 10.2 Å². The molecule has 1 aliphatic rings. The highest BCUT2D eigenvalue weighted by atomic mass is 32.2. The van der Waals surface area contributed by atoms with Gasteiger partial charge in [0, 0.05) is 30.1 Å². The minimum absolute atomic E-state index is 0.0639. The van der Waals surface area contributed by atoms with E-state index in [0.29, 0.717) is 35.1 Å². The number of benzene rings is 2. The van der Waals surface area contributed by atoms with E-state index in [1.165, 1.54) is 0 Å². The van der Waals surface area contributed by atoms with Crippen molar-refractivity contribution in [2.75, 3.05) is 13.2 Å². The van der Waals surface area contributed by atoms with Gasteiger partial charge in [-0.2, -0.15) is 5.26 Å². The van der Waals surface area contributed by atoms with Gasteiger partial charge in [-0.05, 0) is 54.4 Å². The topological polar surface area (TPSA) is 77.1 Å². The monoisotopic (exact) mass is 487 g/mol. The van der Waals surface area contributed by atoms with E-state index in [-0.39, 0.29) is 6.10 Å². The summed E-state index contributed by atoms with van der Waals surface area (Å²) < 4.78 is 26.5. The molecule has 0 aliphatic carbocycles. The van der Waals surface area contributed by atoms with E-state index in [1.807, 2.05) is 81.4 Å². The molecule has 0 N–H and O–H groups in total. The molecule has 4 aromatic rings. The number of aryl methyl sites for hydroxylation is 1. The third-order valence-electron chi connectivity index (χ3n) is 5.82. The van der Waals surface area contributed by atoms with Gasteiger partial charge in [-0.3, -0.25) is 0 Å². The summed E-state index contributed by atoms with van der Waals surface area (Å²) >= 11 is 0. The average Bonchev–Trinajstić information content (AvgIpc) is 3.26. The van der Waals surface area contributed by atoms with Gasteiger partial charge in [-0.15, -0.1) is 0 Å². The number of ether oxygens (including phenoxy) is 2. The van der Waals surface area contributed by atoms with E-state index in [4.69, 9.17) is 9.47 Å². The van der Waals surface area contributed by atoms with Gasteiger partial charge in [0.15, 0.2) is 16.6 Å². The maximum Gasteiger partial charge on any atom is 0.158 e. The molecular weight excluding hydrogens is 458 g/mol. The van der Waals surface area contributed by atoms with Crippen LogP contribution in [0.3, 0.4) is 0 Å². The second-order valence-corrected chi connectivity index (χ2v) is 9.33. The first-order valence-corrected chi connectivity index (χ1v) is 13.0. The molecule has 0 spiro atoms. The first-order valence-electron chi connectivity index (χ1n) is 11.9. The van der Waals surface area contributed by atoms with Gasteiger partial charge in [0.05, 0.1) is 23.7 Å². The zero-order valence-corrected chi connectivity index (χ0v) is 21.0. The van der Waals surface area contributed by atoms with Crippen molar-refractivity contribution in [2.24, 2.45) is 0 Å². The van der Waals surface area contributed by atoms with Crippen LogP contribution in [0.25, 0.3) is 22.2 Å². The third kappa shape index (κ3) is 5.14. The quantitative estimate of drug-likeness (QED) is 0.343. The molecule has 3 heterocycles. The Bertz CT molecular complexity index is 1370. The van der Waals surface area contributed by atoms with Crippen molar-refractivity contribution >= 4 is 22.0 Å². The lowest BCUT2D eigenvalue weighted by Gasteiger charge is -2.23. The van der Waals surface area contributed by atoms with Crippen LogP contribution in [0.15, 0.2) is 71.8 Å². The van der Waals surface area contributed by atoms with Gasteiger partial charge >= 0.3 is 0 Å². The highest BCUT2D eigenvalue weighted by Crippen LogP contribution is 2.34. The van der Waals surface area contributed by atoms with Crippen LogP contribution in [0.2, 0.25) is 0 Å². The van der Waals surface area contributed by atoms with E-state index in [2.05, 4.69) is 11.1 Å². The average molecular weight is 488 g/mol. The number of aromatic nitrogens is 2. The van der Waals surface area contributed by atoms with Gasteiger partial charge in [0.1, 0.15) is 17.9 Å². The van der Waals surface area contributed by atoms with Crippen molar-refractivity contribution in [1.29, 1.82) is 5.26 Å². The Hall–Kier alpha value is -3.47. The molecule has 35 heavy (non-hydrogen) atoms. The fourth-order valence-corrected chi connectivity index (χ4v) is 5.38. The number of hydrogen-bond acceptors (Lipinski definition) is 5. The first kappa shape index (κ1) is 24.6. The summed E-state index contributed by atoms with van der Waals surface area (Å²) in [5.41, 5.74) is 3.82. The Morgan fingerprint density at radius 3 is 2.54 bits per heavy atom. The zero-order chi connectivity index (χ0) is 24.8. The number of pyridine rings is 1. The minimum Gasteiger partial charge on any atom is -0.489 e. The van der Waals surface area contributed by atoms with E-state index in [9.17, 15) is 9.47 Å². The molecule has 5 rings (SSSR count). The lowest BCUT2D eigenvalue weighted by molar-refractivity contribution is 0.0254. The first-order chi connectivity index (χ1) is 17.2. The van der Waals surface area contributed by atoms with Crippen molar-refractivity contribution in [1.82, 2.24) is 8.96 Å². The normalized spacial score (nSPS) is 14.6. The second kappa shape index (κ2) is 11.3. The Labute approximate surface area is 208 Å². The molecule has 0 amide bonds. The summed E-state index contributed by atoms with van der Waals surface area (Å²) in [6.07, 6.45) is 3.43. The molecule has 0 bridgehead atoms. The van der Waals surface area contributed by atoms with Gasteiger partial charge < -0.3 is 9.47 Å². The van der Waals surface area contributed by atoms with Crippen molar-refractivity contribution in [3.63, 3.8) is 0 Å². The Kier molecular flexibility index (Phi) is 7.96. The van der Waals surface area contributed by atoms with E-state index < -0.39 is 11.0 Å². The van der Waals surface area contributed by atoms with Gasteiger partial charge in [-0.25, -0.2) is 13.2 Å². The van der Waals surface area contributed by atoms with E-state index in [0.717, 1.165) is 35.0 Å². The second-order valence-electron chi connectivity index (χ2n) is 7.99. The van der Waals surface area contributed by atoms with Crippen molar-refractivity contribution in [2.45, 2.75) is 44.6 Å². The van der Waals surface area contributed by atoms with Gasteiger partial charge in [0.2, 0.25) is 0 Å². The predicted octanol–water partition coefficient (Wildman–Crippen LogP) is 6.04. The van der Waals surface area contributed by atoms with Crippen LogP contribution < -0.4 is 4.74 Å². The van der Waals surface area contributed by atoms with Crippen molar-refractivity contribution in [3.8, 4) is 22.9 Å². The molecule has 0 radical (unpaired) electrons. The zero-order valence-electron chi connectivity index (χ0n) is 20.2. The van der Waals surface area contributed by atoms with E-state index >= 15 is 0 Å². The van der Waals surface area contributed by atoms with Crippen molar-refractivity contribution < 1.29 is 13.7 Å². The summed E-state index contributed by atoms with van der Waals surface area (Å²) in [6.45, 7) is 7.29. The van der Waals surface area contributed by atoms with Crippen LogP contribution in [0.5, 0.6) is 5.75 Å². The Balaban J connectivity index is 0.00000141. The third-order valence-corrected chi connectivity index (χ3v) is 7.29. The standard InChI is InChI=1S/C26H23N3O3S.C2H6/c1-18-15-24-23(9-12-28-26(24)29(18)33(30)22-5-3-2-4-6-22)19-7-8-25(20(16-19)17-27)32-21-10-13-31-14-11-21;1-2/h2-9,12,15-16,21H,10-11,13-14H2,1H3;1-2H3. The summed E-state index contributed by atoms with van der Waals surface area (Å²) in [5, 5.41) is 10.7. The molecule has 1 aliphatic heterocycles. The van der Waals surface area contributed by atoms with Crippen LogP contribution in [0.4, 0.5) is 0 Å².